The summed E-state index contributed by atoms with van der Waals surface area (Å²) in [5, 5.41) is 6.62. The number of aromatic nitrogens is 2. The van der Waals surface area contributed by atoms with Gasteiger partial charge in [-0.3, -0.25) is 0 Å². The highest BCUT2D eigenvalue weighted by atomic mass is 15.2. The summed E-state index contributed by atoms with van der Waals surface area (Å²) in [7, 11) is 4.06. The molecule has 0 radical (unpaired) electrons. The average molecular weight is 285 g/mol. The lowest BCUT2D eigenvalue weighted by molar-refractivity contribution is 0.950. The van der Waals surface area contributed by atoms with Gasteiger partial charge in [-0.25, -0.2) is 4.98 Å². The van der Waals surface area contributed by atoms with E-state index in [4.69, 9.17) is 0 Å². The lowest BCUT2D eigenvalue weighted by atomic mass is 10.2. The van der Waals surface area contributed by atoms with Crippen molar-refractivity contribution in [2.45, 2.75) is 20.3 Å². The zero-order chi connectivity index (χ0) is 15.2. The molecule has 2 rings (SSSR count). The van der Waals surface area contributed by atoms with Crippen molar-refractivity contribution >= 4 is 23.1 Å². The zero-order valence-electron chi connectivity index (χ0n) is 13.1. The van der Waals surface area contributed by atoms with E-state index in [-0.39, 0.29) is 0 Å². The van der Waals surface area contributed by atoms with Gasteiger partial charge in [-0.05, 0) is 25.5 Å². The third-order valence-corrected chi connectivity index (χ3v) is 3.14. The van der Waals surface area contributed by atoms with Crippen LogP contribution in [0.3, 0.4) is 0 Å². The van der Waals surface area contributed by atoms with Crippen molar-refractivity contribution in [3.05, 3.63) is 36.0 Å². The molecule has 21 heavy (non-hydrogen) atoms. The molecule has 0 amide bonds. The van der Waals surface area contributed by atoms with E-state index in [1.54, 1.807) is 0 Å². The second kappa shape index (κ2) is 6.92. The lowest BCUT2D eigenvalue weighted by Gasteiger charge is -2.19. The predicted molar refractivity (Wildman–Crippen MR) is 89.6 cm³/mol. The van der Waals surface area contributed by atoms with Crippen LogP contribution < -0.4 is 15.5 Å². The standard InChI is InChI=1S/C16H23N5/c1-5-10-17-16-18-11-12(2)15(20-16)19-13-8-6-7-9-14(13)21(3)4/h6-9,11H,5,10H2,1-4H3,(H2,17,18,19,20). The van der Waals surface area contributed by atoms with Gasteiger partial charge in [-0.2, -0.15) is 4.98 Å². The second-order valence-electron chi connectivity index (χ2n) is 5.19. The molecule has 0 aliphatic rings. The highest BCUT2D eigenvalue weighted by molar-refractivity contribution is 5.74. The summed E-state index contributed by atoms with van der Waals surface area (Å²) < 4.78 is 0. The highest BCUT2D eigenvalue weighted by Gasteiger charge is 2.08. The first-order valence-corrected chi connectivity index (χ1v) is 7.22. The summed E-state index contributed by atoms with van der Waals surface area (Å²) in [4.78, 5) is 10.9. The van der Waals surface area contributed by atoms with Crippen LogP contribution >= 0.6 is 0 Å². The highest BCUT2D eigenvalue weighted by Crippen LogP contribution is 2.27. The molecule has 0 spiro atoms. The van der Waals surface area contributed by atoms with E-state index < -0.39 is 0 Å². The Morgan fingerprint density at radius 3 is 2.67 bits per heavy atom. The van der Waals surface area contributed by atoms with Gasteiger partial charge in [-0.15, -0.1) is 0 Å². The minimum atomic E-state index is 0.660. The Balaban J connectivity index is 2.26. The fourth-order valence-electron chi connectivity index (χ4n) is 1.99. The first-order chi connectivity index (χ1) is 10.1. The molecule has 0 aliphatic carbocycles. The normalized spacial score (nSPS) is 10.3. The van der Waals surface area contributed by atoms with Crippen molar-refractivity contribution in [1.29, 1.82) is 0 Å². The second-order valence-corrected chi connectivity index (χ2v) is 5.19. The molecule has 0 aliphatic heterocycles. The number of benzene rings is 1. The maximum atomic E-state index is 4.55. The quantitative estimate of drug-likeness (QED) is 0.851. The van der Waals surface area contributed by atoms with Crippen molar-refractivity contribution in [2.75, 3.05) is 36.2 Å². The number of hydrogen-bond donors (Lipinski definition) is 2. The summed E-state index contributed by atoms with van der Waals surface area (Å²) in [5.74, 6) is 1.49. The first kappa shape index (κ1) is 15.1. The Hall–Kier alpha value is -2.30. The number of aryl methyl sites for hydroxylation is 1. The number of rotatable bonds is 6. The summed E-state index contributed by atoms with van der Waals surface area (Å²) in [5.41, 5.74) is 3.18. The summed E-state index contributed by atoms with van der Waals surface area (Å²) in [6, 6.07) is 8.18. The van der Waals surface area contributed by atoms with Gasteiger partial charge < -0.3 is 15.5 Å². The summed E-state index contributed by atoms with van der Waals surface area (Å²) in [6.07, 6.45) is 2.88. The Kier molecular flexibility index (Phi) is 4.98. The zero-order valence-corrected chi connectivity index (χ0v) is 13.1. The smallest absolute Gasteiger partial charge is 0.224 e. The van der Waals surface area contributed by atoms with E-state index in [0.29, 0.717) is 5.95 Å². The van der Waals surface area contributed by atoms with Gasteiger partial charge in [0.05, 0.1) is 11.4 Å². The molecule has 2 aromatic rings. The van der Waals surface area contributed by atoms with Gasteiger partial charge >= 0.3 is 0 Å². The molecule has 1 heterocycles. The van der Waals surface area contributed by atoms with Gasteiger partial charge in [0.1, 0.15) is 5.82 Å². The van der Waals surface area contributed by atoms with Crippen molar-refractivity contribution < 1.29 is 0 Å². The van der Waals surface area contributed by atoms with Crippen LogP contribution in [0.4, 0.5) is 23.1 Å². The number of nitrogens with zero attached hydrogens (tertiary/aromatic N) is 3. The van der Waals surface area contributed by atoms with Crippen LogP contribution in [0.2, 0.25) is 0 Å². The van der Waals surface area contributed by atoms with Gasteiger partial charge in [0.2, 0.25) is 5.95 Å². The van der Waals surface area contributed by atoms with Gasteiger partial charge in [0.15, 0.2) is 0 Å². The van der Waals surface area contributed by atoms with E-state index in [1.807, 2.05) is 39.3 Å². The minimum absolute atomic E-state index is 0.660. The van der Waals surface area contributed by atoms with Crippen molar-refractivity contribution in [1.82, 2.24) is 9.97 Å². The molecular formula is C16H23N5. The topological polar surface area (TPSA) is 53.1 Å². The van der Waals surface area contributed by atoms with Crippen LogP contribution in [0.5, 0.6) is 0 Å². The van der Waals surface area contributed by atoms with Crippen LogP contribution in [0, 0.1) is 6.92 Å². The third kappa shape index (κ3) is 3.84. The van der Waals surface area contributed by atoms with Gasteiger partial charge in [0.25, 0.3) is 0 Å². The van der Waals surface area contributed by atoms with Crippen LogP contribution in [-0.2, 0) is 0 Å². The van der Waals surface area contributed by atoms with Crippen molar-refractivity contribution in [2.24, 2.45) is 0 Å². The molecule has 0 fully saturated rings. The Morgan fingerprint density at radius 2 is 1.95 bits per heavy atom. The van der Waals surface area contributed by atoms with E-state index in [2.05, 4.69) is 44.6 Å². The summed E-state index contributed by atoms with van der Waals surface area (Å²) >= 11 is 0. The molecule has 0 saturated heterocycles. The first-order valence-electron chi connectivity index (χ1n) is 7.22. The fraction of sp³-hybridized carbons (Fsp3) is 0.375. The lowest BCUT2D eigenvalue weighted by Crippen LogP contribution is -2.12. The van der Waals surface area contributed by atoms with Crippen LogP contribution in [0.15, 0.2) is 30.5 Å². The molecule has 0 bridgehead atoms. The van der Waals surface area contributed by atoms with E-state index >= 15 is 0 Å². The molecule has 2 N–H and O–H groups in total. The summed E-state index contributed by atoms with van der Waals surface area (Å²) in [6.45, 7) is 4.99. The number of nitrogens with one attached hydrogen (secondary N) is 2. The Bertz CT molecular complexity index is 595. The van der Waals surface area contributed by atoms with Gasteiger partial charge in [-0.1, -0.05) is 19.1 Å². The van der Waals surface area contributed by atoms with E-state index in [1.165, 1.54) is 0 Å². The maximum absolute atomic E-state index is 4.55. The molecule has 1 aromatic carbocycles. The maximum Gasteiger partial charge on any atom is 0.224 e. The largest absolute Gasteiger partial charge is 0.376 e. The molecule has 5 nitrogen and oxygen atoms in total. The van der Waals surface area contributed by atoms with Crippen LogP contribution in [-0.4, -0.2) is 30.6 Å². The molecule has 0 atom stereocenters. The Labute approximate surface area is 126 Å². The van der Waals surface area contributed by atoms with Crippen LogP contribution in [0.25, 0.3) is 0 Å². The number of hydrogen-bond acceptors (Lipinski definition) is 5. The third-order valence-electron chi connectivity index (χ3n) is 3.14. The molecule has 0 unspecified atom stereocenters. The molecule has 112 valence electrons. The average Bonchev–Trinajstić information content (AvgIpc) is 2.48. The SMILES string of the molecule is CCCNc1ncc(C)c(Nc2ccccc2N(C)C)n1. The molecular weight excluding hydrogens is 262 g/mol. The predicted octanol–water partition coefficient (Wildman–Crippen LogP) is 3.42. The molecule has 5 heteroatoms. The number of anilines is 4. The van der Waals surface area contributed by atoms with E-state index in [0.717, 1.165) is 35.7 Å². The van der Waals surface area contributed by atoms with E-state index in [9.17, 15) is 0 Å². The Morgan fingerprint density at radius 1 is 1.19 bits per heavy atom. The fourth-order valence-corrected chi connectivity index (χ4v) is 1.99. The molecule has 0 saturated carbocycles. The van der Waals surface area contributed by atoms with Crippen molar-refractivity contribution in [3.63, 3.8) is 0 Å². The minimum Gasteiger partial charge on any atom is -0.376 e. The molecule has 1 aromatic heterocycles. The monoisotopic (exact) mass is 285 g/mol. The van der Waals surface area contributed by atoms with Gasteiger partial charge in [0, 0.05) is 32.4 Å². The van der Waals surface area contributed by atoms with Crippen LogP contribution in [0.1, 0.15) is 18.9 Å². The number of para-hydroxylation sites is 2. The van der Waals surface area contributed by atoms with Crippen molar-refractivity contribution in [3.8, 4) is 0 Å².